The van der Waals surface area contributed by atoms with E-state index in [-0.39, 0.29) is 23.3 Å². The van der Waals surface area contributed by atoms with Gasteiger partial charge in [-0.1, -0.05) is 18.2 Å². The van der Waals surface area contributed by atoms with Gasteiger partial charge in [-0.15, -0.1) is 0 Å². The van der Waals surface area contributed by atoms with Gasteiger partial charge in [0.2, 0.25) is 0 Å². The van der Waals surface area contributed by atoms with Gasteiger partial charge in [-0.25, -0.2) is 8.42 Å². The van der Waals surface area contributed by atoms with Gasteiger partial charge in [0.15, 0.2) is 15.6 Å². The second-order valence-corrected chi connectivity index (χ2v) is 7.86. The van der Waals surface area contributed by atoms with Crippen LogP contribution in [0.2, 0.25) is 0 Å². The van der Waals surface area contributed by atoms with Crippen molar-refractivity contribution in [3.63, 3.8) is 0 Å². The van der Waals surface area contributed by atoms with E-state index in [0.29, 0.717) is 5.76 Å². The lowest BCUT2D eigenvalue weighted by Crippen LogP contribution is -2.25. The van der Waals surface area contributed by atoms with E-state index in [2.05, 4.69) is 5.32 Å². The van der Waals surface area contributed by atoms with Crippen molar-refractivity contribution < 1.29 is 22.0 Å². The Bertz CT molecular complexity index is 950. The lowest BCUT2D eigenvalue weighted by molar-refractivity contribution is 0.0906. The molecule has 0 radical (unpaired) electrons. The highest BCUT2D eigenvalue weighted by Gasteiger charge is 2.18. The number of carbonyl (C=O) groups excluding carboxylic acids is 1. The zero-order chi connectivity index (χ0) is 17.3. The number of hydrogen-bond acceptors (Lipinski definition) is 5. The number of furan rings is 2. The number of rotatable bonds is 5. The maximum absolute atomic E-state index is 12.2. The molecule has 0 bridgehead atoms. The molecule has 0 aliphatic carbocycles. The molecule has 3 rings (SSSR count). The summed E-state index contributed by atoms with van der Waals surface area (Å²) in [5.41, 5.74) is 0.752. The number of fused-ring (bicyclic) bond motifs is 1. The van der Waals surface area contributed by atoms with E-state index in [1.54, 1.807) is 6.92 Å². The first-order chi connectivity index (χ1) is 11.3. The Labute approximate surface area is 139 Å². The number of amides is 1. The molecular weight excluding hydrogens is 330 g/mol. The second kappa shape index (κ2) is 6.16. The summed E-state index contributed by atoms with van der Waals surface area (Å²) in [6.07, 6.45) is 1.11. The Morgan fingerprint density at radius 2 is 1.92 bits per heavy atom. The van der Waals surface area contributed by atoms with Gasteiger partial charge in [-0.05, 0) is 31.2 Å². The normalized spacial score (nSPS) is 13.1. The van der Waals surface area contributed by atoms with Crippen LogP contribution < -0.4 is 5.32 Å². The lowest BCUT2D eigenvalue weighted by atomic mass is 10.2. The molecule has 24 heavy (non-hydrogen) atoms. The average Bonchev–Trinajstić information content (AvgIpc) is 3.11. The Morgan fingerprint density at radius 3 is 2.62 bits per heavy atom. The Balaban J connectivity index is 1.72. The first-order valence-electron chi connectivity index (χ1n) is 7.37. The fourth-order valence-corrected chi connectivity index (χ4v) is 3.06. The highest BCUT2D eigenvalue weighted by molar-refractivity contribution is 7.89. The smallest absolute Gasteiger partial charge is 0.287 e. The quantitative estimate of drug-likeness (QED) is 0.766. The van der Waals surface area contributed by atoms with E-state index < -0.39 is 15.7 Å². The van der Waals surface area contributed by atoms with Gasteiger partial charge in [0.25, 0.3) is 5.91 Å². The first kappa shape index (κ1) is 16.3. The molecule has 0 fully saturated rings. The Kier molecular flexibility index (Phi) is 4.19. The maximum Gasteiger partial charge on any atom is 0.287 e. The molecule has 0 unspecified atom stereocenters. The van der Waals surface area contributed by atoms with Gasteiger partial charge in [0.05, 0.1) is 6.04 Å². The SMILES string of the molecule is C[C@H](NC(=O)c1ccc(CS(C)(=O)=O)o1)c1cc2ccccc2o1. The van der Waals surface area contributed by atoms with Crippen molar-refractivity contribution >= 4 is 26.7 Å². The van der Waals surface area contributed by atoms with Crippen molar-refractivity contribution in [3.05, 3.63) is 59.7 Å². The van der Waals surface area contributed by atoms with Crippen LogP contribution in [0.4, 0.5) is 0 Å². The summed E-state index contributed by atoms with van der Waals surface area (Å²) >= 11 is 0. The van der Waals surface area contributed by atoms with Gasteiger partial charge >= 0.3 is 0 Å². The summed E-state index contributed by atoms with van der Waals surface area (Å²) in [5, 5.41) is 3.73. The van der Waals surface area contributed by atoms with E-state index in [4.69, 9.17) is 8.83 Å². The van der Waals surface area contributed by atoms with Gasteiger partial charge in [0.1, 0.15) is 22.9 Å². The molecule has 0 spiro atoms. The van der Waals surface area contributed by atoms with Gasteiger partial charge in [0, 0.05) is 11.6 Å². The van der Waals surface area contributed by atoms with Crippen LogP contribution in [-0.4, -0.2) is 20.6 Å². The summed E-state index contributed by atoms with van der Waals surface area (Å²) in [4.78, 5) is 12.2. The van der Waals surface area contributed by atoms with E-state index in [1.807, 2.05) is 30.3 Å². The van der Waals surface area contributed by atoms with Crippen LogP contribution in [0.1, 0.15) is 35.0 Å². The molecule has 1 atom stereocenters. The molecule has 1 aromatic carbocycles. The molecule has 1 amide bonds. The highest BCUT2D eigenvalue weighted by Crippen LogP contribution is 2.24. The number of para-hydroxylation sites is 1. The summed E-state index contributed by atoms with van der Waals surface area (Å²) in [6.45, 7) is 1.80. The minimum atomic E-state index is -3.21. The van der Waals surface area contributed by atoms with Crippen LogP contribution in [-0.2, 0) is 15.6 Å². The third kappa shape index (κ3) is 3.68. The molecule has 0 saturated carbocycles. The third-order valence-electron chi connectivity index (χ3n) is 3.51. The Morgan fingerprint density at radius 1 is 1.17 bits per heavy atom. The van der Waals surface area contributed by atoms with Crippen LogP contribution >= 0.6 is 0 Å². The van der Waals surface area contributed by atoms with Gasteiger partial charge < -0.3 is 14.2 Å². The number of sulfone groups is 1. The predicted molar refractivity (Wildman–Crippen MR) is 89.4 cm³/mol. The molecule has 126 valence electrons. The summed E-state index contributed by atoms with van der Waals surface area (Å²) in [7, 11) is -3.21. The molecule has 1 N–H and O–H groups in total. The largest absolute Gasteiger partial charge is 0.459 e. The monoisotopic (exact) mass is 347 g/mol. The van der Waals surface area contributed by atoms with Crippen LogP contribution in [0.25, 0.3) is 11.0 Å². The van der Waals surface area contributed by atoms with E-state index >= 15 is 0 Å². The molecule has 0 aliphatic heterocycles. The summed E-state index contributed by atoms with van der Waals surface area (Å²) < 4.78 is 33.5. The van der Waals surface area contributed by atoms with Crippen LogP contribution in [0.5, 0.6) is 0 Å². The number of hydrogen-bond donors (Lipinski definition) is 1. The maximum atomic E-state index is 12.2. The summed E-state index contributed by atoms with van der Waals surface area (Å²) in [5.74, 6) is 0.269. The highest BCUT2D eigenvalue weighted by atomic mass is 32.2. The minimum Gasteiger partial charge on any atom is -0.459 e. The molecule has 6 nitrogen and oxygen atoms in total. The predicted octanol–water partition coefficient (Wildman–Crippen LogP) is 3.06. The molecule has 7 heteroatoms. The Hall–Kier alpha value is -2.54. The minimum absolute atomic E-state index is 0.0663. The average molecular weight is 347 g/mol. The molecule has 3 aromatic rings. The zero-order valence-electron chi connectivity index (χ0n) is 13.3. The van der Waals surface area contributed by atoms with Gasteiger partial charge in [-0.3, -0.25) is 4.79 Å². The van der Waals surface area contributed by atoms with Crippen molar-refractivity contribution in [3.8, 4) is 0 Å². The topological polar surface area (TPSA) is 89.5 Å². The summed E-state index contributed by atoms with van der Waals surface area (Å²) in [6, 6.07) is 12.1. The van der Waals surface area contributed by atoms with Crippen LogP contribution in [0.3, 0.4) is 0 Å². The van der Waals surface area contributed by atoms with E-state index in [9.17, 15) is 13.2 Å². The van der Waals surface area contributed by atoms with Crippen molar-refractivity contribution in [2.24, 2.45) is 0 Å². The second-order valence-electron chi connectivity index (χ2n) is 5.72. The van der Waals surface area contributed by atoms with Crippen LogP contribution in [0, 0.1) is 0 Å². The zero-order valence-corrected chi connectivity index (χ0v) is 14.1. The van der Waals surface area contributed by atoms with Crippen molar-refractivity contribution in [1.29, 1.82) is 0 Å². The molecule has 0 saturated heterocycles. The number of carbonyl (C=O) groups is 1. The van der Waals surface area contributed by atoms with Crippen molar-refractivity contribution in [1.82, 2.24) is 5.32 Å². The van der Waals surface area contributed by atoms with Gasteiger partial charge in [-0.2, -0.15) is 0 Å². The van der Waals surface area contributed by atoms with E-state index in [1.165, 1.54) is 12.1 Å². The van der Waals surface area contributed by atoms with Crippen molar-refractivity contribution in [2.75, 3.05) is 6.26 Å². The third-order valence-corrected chi connectivity index (χ3v) is 4.32. The molecule has 0 aliphatic rings. The molecule has 2 aromatic heterocycles. The fraction of sp³-hybridized carbons (Fsp3) is 0.235. The number of benzene rings is 1. The lowest BCUT2D eigenvalue weighted by Gasteiger charge is -2.09. The standard InChI is InChI=1S/C17H17NO5S/c1-11(16-9-12-5-3-4-6-14(12)23-16)18-17(19)15-8-7-13(22-15)10-24(2,20)21/h3-9,11H,10H2,1-2H3,(H,18,19)/t11-/m0/s1. The first-order valence-corrected chi connectivity index (χ1v) is 9.44. The number of nitrogens with one attached hydrogen (secondary N) is 1. The van der Waals surface area contributed by atoms with Crippen molar-refractivity contribution in [2.45, 2.75) is 18.7 Å². The van der Waals surface area contributed by atoms with Crippen LogP contribution in [0.15, 0.2) is 51.3 Å². The molecule has 2 heterocycles. The fourth-order valence-electron chi connectivity index (χ4n) is 2.39. The van der Waals surface area contributed by atoms with E-state index in [0.717, 1.165) is 17.2 Å². The molecular formula is C17H17NO5S.